The van der Waals surface area contributed by atoms with Gasteiger partial charge in [-0.05, 0) is 30.3 Å². The highest BCUT2D eigenvalue weighted by molar-refractivity contribution is 9.10. The van der Waals surface area contributed by atoms with E-state index < -0.39 is 6.43 Å². The third kappa shape index (κ3) is 2.61. The predicted molar refractivity (Wildman–Crippen MR) is 66.8 cm³/mol. The number of ketones is 1. The van der Waals surface area contributed by atoms with E-state index in [0.29, 0.717) is 10.0 Å². The summed E-state index contributed by atoms with van der Waals surface area (Å²) in [6.07, 6.45) is 0.352. The van der Waals surface area contributed by atoms with Gasteiger partial charge >= 0.3 is 0 Å². The zero-order valence-electron chi connectivity index (χ0n) is 9.11. The lowest BCUT2D eigenvalue weighted by Crippen LogP contribution is -2.02. The molecule has 2 nitrogen and oxygen atoms in total. The highest BCUT2D eigenvalue weighted by Gasteiger charge is 2.15. The van der Waals surface area contributed by atoms with Crippen molar-refractivity contribution in [1.29, 1.82) is 0 Å². The van der Waals surface area contributed by atoms with Crippen LogP contribution in [0.15, 0.2) is 47.2 Å². The minimum atomic E-state index is -2.62. The Kier molecular flexibility index (Phi) is 3.81. The smallest absolute Gasteiger partial charge is 0.264 e. The first kappa shape index (κ1) is 12.8. The van der Waals surface area contributed by atoms with Gasteiger partial charge in [-0.3, -0.25) is 9.78 Å². The quantitative estimate of drug-likeness (QED) is 0.802. The van der Waals surface area contributed by atoms with Crippen LogP contribution in [0.2, 0.25) is 0 Å². The predicted octanol–water partition coefficient (Wildman–Crippen LogP) is 4.01. The second-order valence-corrected chi connectivity index (χ2v) is 4.46. The minimum absolute atomic E-state index is 0.185. The van der Waals surface area contributed by atoms with E-state index in [2.05, 4.69) is 20.9 Å². The summed E-state index contributed by atoms with van der Waals surface area (Å²) in [6.45, 7) is 0. The average Bonchev–Trinajstić information content (AvgIpc) is 2.39. The van der Waals surface area contributed by atoms with E-state index in [1.807, 2.05) is 0 Å². The summed E-state index contributed by atoms with van der Waals surface area (Å²) in [5.41, 5.74) is 0.474. The summed E-state index contributed by atoms with van der Waals surface area (Å²) in [5, 5.41) is 0. The maximum absolute atomic E-state index is 12.7. The van der Waals surface area contributed by atoms with Crippen LogP contribution in [0.3, 0.4) is 0 Å². The fourth-order valence-electron chi connectivity index (χ4n) is 1.52. The number of rotatable bonds is 3. The molecule has 0 spiro atoms. The summed E-state index contributed by atoms with van der Waals surface area (Å²) >= 11 is 3.04. The van der Waals surface area contributed by atoms with Gasteiger partial charge in [0, 0.05) is 33.6 Å². The number of hydrogen-bond donors (Lipinski definition) is 0. The number of carbonyl (C=O) groups excluding carboxylic acids is 1. The molecule has 0 saturated heterocycles. The van der Waals surface area contributed by atoms with Gasteiger partial charge in [-0.15, -0.1) is 0 Å². The van der Waals surface area contributed by atoms with Crippen LogP contribution in [0.25, 0.3) is 0 Å². The van der Waals surface area contributed by atoms with Gasteiger partial charge < -0.3 is 0 Å². The molecule has 0 fully saturated rings. The molecule has 0 saturated carbocycles. The first-order chi connectivity index (χ1) is 8.59. The number of benzene rings is 1. The maximum Gasteiger partial charge on any atom is 0.264 e. The molecule has 0 amide bonds. The van der Waals surface area contributed by atoms with E-state index in [1.165, 1.54) is 30.6 Å². The molecule has 18 heavy (non-hydrogen) atoms. The number of pyridine rings is 1. The molecule has 2 aromatic rings. The van der Waals surface area contributed by atoms with Crippen LogP contribution < -0.4 is 0 Å². The molecule has 92 valence electrons. The Hall–Kier alpha value is -1.62. The number of hydrogen-bond acceptors (Lipinski definition) is 2. The van der Waals surface area contributed by atoms with Crippen molar-refractivity contribution in [3.05, 3.63) is 63.9 Å². The molecule has 0 radical (unpaired) electrons. The Morgan fingerprint density at radius 1 is 1.11 bits per heavy atom. The van der Waals surface area contributed by atoms with Gasteiger partial charge in [-0.2, -0.15) is 0 Å². The third-order valence-electron chi connectivity index (χ3n) is 2.44. The number of alkyl halides is 2. The fraction of sp³-hybridized carbons (Fsp3) is 0.0769. The van der Waals surface area contributed by atoms with Gasteiger partial charge in [0.1, 0.15) is 0 Å². The van der Waals surface area contributed by atoms with Crippen LogP contribution in [0.4, 0.5) is 8.78 Å². The molecule has 1 aromatic heterocycles. The van der Waals surface area contributed by atoms with E-state index >= 15 is 0 Å². The largest absolute Gasteiger partial charge is 0.289 e. The molecular formula is C13H8BrF2NO. The lowest BCUT2D eigenvalue weighted by molar-refractivity contribution is 0.103. The fourth-order valence-corrected chi connectivity index (χ4v) is 1.94. The Morgan fingerprint density at radius 3 is 2.39 bits per heavy atom. The molecule has 0 N–H and O–H groups in total. The lowest BCUT2D eigenvalue weighted by atomic mass is 10.0. The van der Waals surface area contributed by atoms with Crippen molar-refractivity contribution >= 4 is 21.7 Å². The van der Waals surface area contributed by atoms with Gasteiger partial charge in [0.05, 0.1) is 0 Å². The van der Waals surface area contributed by atoms with Gasteiger partial charge in [-0.25, -0.2) is 8.78 Å². The van der Waals surface area contributed by atoms with Crippen molar-refractivity contribution in [1.82, 2.24) is 4.98 Å². The molecule has 1 heterocycles. The molecule has 0 aliphatic carbocycles. The first-order valence-corrected chi connectivity index (χ1v) is 5.91. The van der Waals surface area contributed by atoms with E-state index in [9.17, 15) is 13.6 Å². The van der Waals surface area contributed by atoms with Crippen molar-refractivity contribution < 1.29 is 13.6 Å². The van der Waals surface area contributed by atoms with Crippen LogP contribution >= 0.6 is 15.9 Å². The van der Waals surface area contributed by atoms with Gasteiger partial charge in [0.25, 0.3) is 6.43 Å². The summed E-state index contributed by atoms with van der Waals surface area (Å²) in [4.78, 5) is 15.8. The van der Waals surface area contributed by atoms with Crippen LogP contribution in [-0.2, 0) is 0 Å². The Morgan fingerprint density at radius 2 is 1.78 bits per heavy atom. The zero-order chi connectivity index (χ0) is 13.1. The number of carbonyl (C=O) groups is 1. The van der Waals surface area contributed by atoms with E-state index in [4.69, 9.17) is 0 Å². The van der Waals surface area contributed by atoms with Gasteiger partial charge in [-0.1, -0.05) is 15.9 Å². The highest BCUT2D eigenvalue weighted by Crippen LogP contribution is 2.28. The number of aromatic nitrogens is 1. The summed E-state index contributed by atoms with van der Waals surface area (Å²) in [6, 6.07) is 7.27. The second kappa shape index (κ2) is 5.35. The minimum Gasteiger partial charge on any atom is -0.289 e. The van der Waals surface area contributed by atoms with E-state index in [-0.39, 0.29) is 16.9 Å². The van der Waals surface area contributed by atoms with Crippen molar-refractivity contribution in [2.75, 3.05) is 0 Å². The summed E-state index contributed by atoms with van der Waals surface area (Å²) in [7, 11) is 0. The standard InChI is InChI=1S/C13H8BrF2NO/c14-11-2-1-9(7-10(11)13(15)16)12(18)8-3-5-17-6-4-8/h1-7,13H. The Bertz CT molecular complexity index is 572. The van der Waals surface area contributed by atoms with Gasteiger partial charge in [0.2, 0.25) is 0 Å². The maximum atomic E-state index is 12.7. The van der Waals surface area contributed by atoms with Crippen LogP contribution in [-0.4, -0.2) is 10.8 Å². The molecule has 0 atom stereocenters. The molecule has 5 heteroatoms. The van der Waals surface area contributed by atoms with Crippen molar-refractivity contribution in [2.45, 2.75) is 6.43 Å². The normalized spacial score (nSPS) is 10.7. The average molecular weight is 312 g/mol. The van der Waals surface area contributed by atoms with Crippen LogP contribution in [0.1, 0.15) is 27.9 Å². The molecular weight excluding hydrogens is 304 g/mol. The Balaban J connectivity index is 2.41. The van der Waals surface area contributed by atoms with E-state index in [1.54, 1.807) is 12.1 Å². The Labute approximate surface area is 111 Å². The highest BCUT2D eigenvalue weighted by atomic mass is 79.9. The molecule has 1 aromatic carbocycles. The molecule has 0 aliphatic rings. The van der Waals surface area contributed by atoms with Crippen molar-refractivity contribution in [3.8, 4) is 0 Å². The molecule has 2 rings (SSSR count). The topological polar surface area (TPSA) is 30.0 Å². The summed E-state index contributed by atoms with van der Waals surface area (Å²) < 4.78 is 25.7. The van der Waals surface area contributed by atoms with Crippen LogP contribution in [0.5, 0.6) is 0 Å². The van der Waals surface area contributed by atoms with Crippen molar-refractivity contribution in [3.63, 3.8) is 0 Å². The molecule has 0 unspecified atom stereocenters. The lowest BCUT2D eigenvalue weighted by Gasteiger charge is -2.06. The number of nitrogens with zero attached hydrogens (tertiary/aromatic N) is 1. The summed E-state index contributed by atoms with van der Waals surface area (Å²) in [5.74, 6) is -0.299. The SMILES string of the molecule is O=C(c1ccncc1)c1ccc(Br)c(C(F)F)c1. The van der Waals surface area contributed by atoms with Crippen molar-refractivity contribution in [2.24, 2.45) is 0 Å². The zero-order valence-corrected chi connectivity index (χ0v) is 10.7. The molecule has 0 aliphatic heterocycles. The molecule has 0 bridgehead atoms. The second-order valence-electron chi connectivity index (χ2n) is 3.60. The first-order valence-electron chi connectivity index (χ1n) is 5.12. The number of halogens is 3. The van der Waals surface area contributed by atoms with Crippen LogP contribution in [0, 0.1) is 0 Å². The third-order valence-corrected chi connectivity index (χ3v) is 3.16. The monoisotopic (exact) mass is 311 g/mol. The van der Waals surface area contributed by atoms with E-state index in [0.717, 1.165) is 0 Å². The van der Waals surface area contributed by atoms with Gasteiger partial charge in [0.15, 0.2) is 5.78 Å².